The van der Waals surface area contributed by atoms with Crippen LogP contribution in [0.5, 0.6) is 0 Å². The summed E-state index contributed by atoms with van der Waals surface area (Å²) in [4.78, 5) is 8.20. The van der Waals surface area contributed by atoms with Crippen molar-refractivity contribution in [2.45, 2.75) is 26.3 Å². The molecule has 108 valence electrons. The van der Waals surface area contributed by atoms with Crippen LogP contribution < -0.4 is 11.1 Å². The molecule has 0 saturated heterocycles. The van der Waals surface area contributed by atoms with Crippen LogP contribution in [0.4, 0.5) is 16.2 Å². The molecule has 6 heteroatoms. The summed E-state index contributed by atoms with van der Waals surface area (Å²) in [6.07, 6.45) is 0.908. The van der Waals surface area contributed by atoms with E-state index in [1.54, 1.807) is 6.07 Å². The third kappa shape index (κ3) is 2.96. The van der Waals surface area contributed by atoms with Gasteiger partial charge in [-0.25, -0.2) is 9.37 Å². The van der Waals surface area contributed by atoms with Crippen molar-refractivity contribution in [2.24, 2.45) is 5.92 Å². The molecule has 0 bridgehead atoms. The number of halogens is 1. The number of aliphatic hydroxyl groups excluding tert-OH is 1. The van der Waals surface area contributed by atoms with Gasteiger partial charge in [0.2, 0.25) is 5.95 Å². The van der Waals surface area contributed by atoms with Crippen LogP contribution in [0, 0.1) is 11.7 Å². The standard InChI is InChI=1S/C14H19FN4O/c1-3-8(2)12(7-20)17-13-10-6-9(15)4-5-11(10)18-14(16)19-13/h4-6,8,12,20H,3,7H2,1-2H3,(H3,16,17,18,19). The van der Waals surface area contributed by atoms with Gasteiger partial charge in [-0.1, -0.05) is 20.3 Å². The van der Waals surface area contributed by atoms with Crippen molar-refractivity contribution in [3.05, 3.63) is 24.0 Å². The highest BCUT2D eigenvalue weighted by Gasteiger charge is 2.17. The molecular formula is C14H19FN4O. The van der Waals surface area contributed by atoms with Crippen LogP contribution in [0.3, 0.4) is 0 Å². The molecule has 0 fully saturated rings. The van der Waals surface area contributed by atoms with E-state index in [1.807, 2.05) is 13.8 Å². The lowest BCUT2D eigenvalue weighted by atomic mass is 10.00. The number of aromatic nitrogens is 2. The maximum absolute atomic E-state index is 13.4. The van der Waals surface area contributed by atoms with Crippen LogP contribution in [0.25, 0.3) is 10.9 Å². The first-order valence-electron chi connectivity index (χ1n) is 6.65. The normalized spacial score (nSPS) is 14.2. The second-order valence-corrected chi connectivity index (χ2v) is 4.91. The zero-order valence-electron chi connectivity index (χ0n) is 11.6. The average molecular weight is 278 g/mol. The third-order valence-electron chi connectivity index (χ3n) is 3.52. The maximum atomic E-state index is 13.4. The van der Waals surface area contributed by atoms with Crippen LogP contribution in [0.15, 0.2) is 18.2 Å². The summed E-state index contributed by atoms with van der Waals surface area (Å²) < 4.78 is 13.4. The summed E-state index contributed by atoms with van der Waals surface area (Å²) in [6.45, 7) is 4.04. The molecule has 4 N–H and O–H groups in total. The third-order valence-corrected chi connectivity index (χ3v) is 3.52. The van der Waals surface area contributed by atoms with Crippen LogP contribution in [0.2, 0.25) is 0 Å². The number of nitrogens with two attached hydrogens (primary N) is 1. The molecular weight excluding hydrogens is 259 g/mol. The lowest BCUT2D eigenvalue weighted by molar-refractivity contribution is 0.241. The van der Waals surface area contributed by atoms with Crippen molar-refractivity contribution in [3.63, 3.8) is 0 Å². The molecule has 2 atom stereocenters. The molecule has 0 aliphatic heterocycles. The highest BCUT2D eigenvalue weighted by molar-refractivity contribution is 5.90. The van der Waals surface area contributed by atoms with Crippen molar-refractivity contribution in [3.8, 4) is 0 Å². The molecule has 20 heavy (non-hydrogen) atoms. The molecule has 0 aliphatic carbocycles. The Morgan fingerprint density at radius 1 is 1.40 bits per heavy atom. The highest BCUT2D eigenvalue weighted by atomic mass is 19.1. The SMILES string of the molecule is CCC(C)C(CO)Nc1nc(N)nc2ccc(F)cc12. The first-order valence-corrected chi connectivity index (χ1v) is 6.65. The zero-order chi connectivity index (χ0) is 14.7. The molecule has 0 radical (unpaired) electrons. The monoisotopic (exact) mass is 278 g/mol. The van der Waals surface area contributed by atoms with Crippen molar-refractivity contribution in [1.29, 1.82) is 0 Å². The minimum Gasteiger partial charge on any atom is -0.394 e. The van der Waals surface area contributed by atoms with E-state index < -0.39 is 0 Å². The van der Waals surface area contributed by atoms with Crippen LogP contribution in [0.1, 0.15) is 20.3 Å². The van der Waals surface area contributed by atoms with Crippen LogP contribution in [-0.2, 0) is 0 Å². The highest BCUT2D eigenvalue weighted by Crippen LogP contribution is 2.24. The largest absolute Gasteiger partial charge is 0.394 e. The number of hydrogen-bond acceptors (Lipinski definition) is 5. The first kappa shape index (κ1) is 14.5. The van der Waals surface area contributed by atoms with Crippen LogP contribution in [-0.4, -0.2) is 27.7 Å². The van der Waals surface area contributed by atoms with E-state index in [0.29, 0.717) is 16.7 Å². The van der Waals surface area contributed by atoms with E-state index in [-0.39, 0.29) is 30.3 Å². The fourth-order valence-electron chi connectivity index (χ4n) is 2.06. The number of rotatable bonds is 5. The van der Waals surface area contributed by atoms with E-state index in [0.717, 1.165) is 6.42 Å². The van der Waals surface area contributed by atoms with E-state index >= 15 is 0 Å². The number of nitrogens with zero attached hydrogens (tertiary/aromatic N) is 2. The molecule has 2 aromatic rings. The number of hydrogen-bond donors (Lipinski definition) is 3. The first-order chi connectivity index (χ1) is 9.55. The number of benzene rings is 1. The summed E-state index contributed by atoms with van der Waals surface area (Å²) in [7, 11) is 0. The summed E-state index contributed by atoms with van der Waals surface area (Å²) >= 11 is 0. The maximum Gasteiger partial charge on any atom is 0.222 e. The number of fused-ring (bicyclic) bond motifs is 1. The quantitative estimate of drug-likeness (QED) is 0.780. The summed E-state index contributed by atoms with van der Waals surface area (Å²) in [5, 5.41) is 13.2. The molecule has 1 aromatic heterocycles. The van der Waals surface area contributed by atoms with Gasteiger partial charge < -0.3 is 16.2 Å². The Labute approximate surface area is 117 Å². The lowest BCUT2D eigenvalue weighted by Gasteiger charge is -2.23. The molecule has 2 rings (SSSR count). The van der Waals surface area contributed by atoms with E-state index in [9.17, 15) is 9.50 Å². The smallest absolute Gasteiger partial charge is 0.222 e. The molecule has 0 spiro atoms. The Morgan fingerprint density at radius 2 is 2.15 bits per heavy atom. The molecule has 0 aliphatic rings. The Hall–Kier alpha value is -1.95. The van der Waals surface area contributed by atoms with Crippen molar-refractivity contribution in [1.82, 2.24) is 9.97 Å². The van der Waals surface area contributed by atoms with Gasteiger partial charge in [0.05, 0.1) is 18.2 Å². The summed E-state index contributed by atoms with van der Waals surface area (Å²) in [6, 6.07) is 4.09. The fraction of sp³-hybridized carbons (Fsp3) is 0.429. The molecule has 5 nitrogen and oxygen atoms in total. The van der Waals surface area contributed by atoms with Crippen molar-refractivity contribution in [2.75, 3.05) is 17.7 Å². The Bertz CT molecular complexity index is 605. The van der Waals surface area contributed by atoms with Gasteiger partial charge in [0.25, 0.3) is 0 Å². The van der Waals surface area contributed by atoms with Gasteiger partial charge in [-0.3, -0.25) is 0 Å². The predicted molar refractivity (Wildman–Crippen MR) is 77.9 cm³/mol. The molecule has 1 heterocycles. The second kappa shape index (κ2) is 6.00. The number of aliphatic hydroxyl groups is 1. The fourth-order valence-corrected chi connectivity index (χ4v) is 2.06. The minimum atomic E-state index is -0.363. The number of nitrogen functional groups attached to an aromatic ring is 1. The topological polar surface area (TPSA) is 84.1 Å². The molecule has 2 unspecified atom stereocenters. The molecule has 0 amide bonds. The van der Waals surface area contributed by atoms with E-state index in [1.165, 1.54) is 12.1 Å². The van der Waals surface area contributed by atoms with Gasteiger partial charge in [0.1, 0.15) is 11.6 Å². The van der Waals surface area contributed by atoms with Gasteiger partial charge in [-0.15, -0.1) is 0 Å². The summed E-state index contributed by atoms with van der Waals surface area (Å²) in [5.41, 5.74) is 6.24. The molecule has 1 aromatic carbocycles. The number of anilines is 2. The summed E-state index contributed by atoms with van der Waals surface area (Å²) in [5.74, 6) is 0.455. The predicted octanol–water partition coefficient (Wildman–Crippen LogP) is 2.17. The van der Waals surface area contributed by atoms with Crippen molar-refractivity contribution < 1.29 is 9.50 Å². The van der Waals surface area contributed by atoms with Crippen molar-refractivity contribution >= 4 is 22.7 Å². The van der Waals surface area contributed by atoms with E-state index in [2.05, 4.69) is 15.3 Å². The van der Waals surface area contributed by atoms with Gasteiger partial charge in [-0.05, 0) is 24.1 Å². The Kier molecular flexibility index (Phi) is 4.34. The van der Waals surface area contributed by atoms with Gasteiger partial charge in [-0.2, -0.15) is 4.98 Å². The van der Waals surface area contributed by atoms with Gasteiger partial charge in [0, 0.05) is 5.39 Å². The molecule has 0 saturated carbocycles. The minimum absolute atomic E-state index is 0.0320. The Morgan fingerprint density at radius 3 is 2.80 bits per heavy atom. The number of nitrogens with one attached hydrogen (secondary N) is 1. The van der Waals surface area contributed by atoms with Gasteiger partial charge >= 0.3 is 0 Å². The zero-order valence-corrected chi connectivity index (χ0v) is 11.6. The van der Waals surface area contributed by atoms with Crippen LogP contribution >= 0.6 is 0 Å². The Balaban J connectivity index is 2.44. The van der Waals surface area contributed by atoms with E-state index in [4.69, 9.17) is 5.73 Å². The lowest BCUT2D eigenvalue weighted by Crippen LogP contribution is -2.31. The average Bonchev–Trinajstić information content (AvgIpc) is 2.44. The second-order valence-electron chi connectivity index (χ2n) is 4.91. The van der Waals surface area contributed by atoms with Gasteiger partial charge in [0.15, 0.2) is 0 Å².